The standard InChI is InChI=1S/C23H28N2O6S/c1-15(2)25-22(27)14-32-20-8-6-5-7-17(20)23(28)31-13-21(26)24-12-16-9-10-18(29-3)19(11-16)30-4/h5-11,15H,12-14H2,1-4H3,(H,24,26)(H,25,27). The minimum atomic E-state index is -0.626. The van der Waals surface area contributed by atoms with Gasteiger partial charge >= 0.3 is 5.97 Å². The molecule has 2 N–H and O–H groups in total. The normalized spacial score (nSPS) is 10.4. The molecule has 0 fully saturated rings. The summed E-state index contributed by atoms with van der Waals surface area (Å²) in [7, 11) is 3.08. The Bertz CT molecular complexity index is 948. The van der Waals surface area contributed by atoms with Gasteiger partial charge in [-0.05, 0) is 43.7 Å². The second-order valence-electron chi connectivity index (χ2n) is 7.05. The monoisotopic (exact) mass is 460 g/mol. The van der Waals surface area contributed by atoms with Gasteiger partial charge in [-0.1, -0.05) is 18.2 Å². The highest BCUT2D eigenvalue weighted by molar-refractivity contribution is 8.00. The van der Waals surface area contributed by atoms with Gasteiger partial charge in [0, 0.05) is 17.5 Å². The first-order chi connectivity index (χ1) is 15.3. The molecule has 2 amide bonds. The molecule has 8 nitrogen and oxygen atoms in total. The number of hydrogen-bond acceptors (Lipinski definition) is 7. The largest absolute Gasteiger partial charge is 0.493 e. The second kappa shape index (κ2) is 12.6. The van der Waals surface area contributed by atoms with Gasteiger partial charge in [0.2, 0.25) is 5.91 Å². The number of methoxy groups -OCH3 is 2. The summed E-state index contributed by atoms with van der Waals surface area (Å²) in [5.41, 5.74) is 1.12. The first-order valence-corrected chi connectivity index (χ1v) is 11.0. The summed E-state index contributed by atoms with van der Waals surface area (Å²) < 4.78 is 15.6. The van der Waals surface area contributed by atoms with Crippen molar-refractivity contribution in [2.24, 2.45) is 0 Å². The molecule has 2 aromatic rings. The fourth-order valence-electron chi connectivity index (χ4n) is 2.72. The maximum absolute atomic E-state index is 12.5. The van der Waals surface area contributed by atoms with Crippen molar-refractivity contribution in [2.75, 3.05) is 26.6 Å². The van der Waals surface area contributed by atoms with Gasteiger partial charge in [-0.15, -0.1) is 11.8 Å². The smallest absolute Gasteiger partial charge is 0.339 e. The molecule has 0 bridgehead atoms. The SMILES string of the molecule is COc1ccc(CNC(=O)COC(=O)c2ccccc2SCC(=O)NC(C)C)cc1OC. The van der Waals surface area contributed by atoms with Crippen molar-refractivity contribution >= 4 is 29.5 Å². The lowest BCUT2D eigenvalue weighted by atomic mass is 10.2. The number of carbonyl (C=O) groups is 3. The van der Waals surface area contributed by atoms with E-state index in [9.17, 15) is 14.4 Å². The van der Waals surface area contributed by atoms with E-state index in [2.05, 4.69) is 10.6 Å². The molecular weight excluding hydrogens is 432 g/mol. The Labute approximate surface area is 192 Å². The van der Waals surface area contributed by atoms with Gasteiger partial charge in [-0.3, -0.25) is 9.59 Å². The van der Waals surface area contributed by atoms with Crippen molar-refractivity contribution in [2.45, 2.75) is 31.3 Å². The van der Waals surface area contributed by atoms with Crippen molar-refractivity contribution < 1.29 is 28.6 Å². The molecule has 0 unspecified atom stereocenters. The lowest BCUT2D eigenvalue weighted by Gasteiger charge is -2.12. The summed E-state index contributed by atoms with van der Waals surface area (Å²) in [4.78, 5) is 37.1. The predicted molar refractivity (Wildman–Crippen MR) is 122 cm³/mol. The van der Waals surface area contributed by atoms with E-state index in [0.29, 0.717) is 22.0 Å². The van der Waals surface area contributed by atoms with Gasteiger partial charge in [0.15, 0.2) is 18.1 Å². The Morgan fingerprint density at radius 2 is 1.69 bits per heavy atom. The van der Waals surface area contributed by atoms with E-state index in [-0.39, 0.29) is 24.2 Å². The summed E-state index contributed by atoms with van der Waals surface area (Å²) >= 11 is 1.24. The molecule has 0 aliphatic heterocycles. The average molecular weight is 461 g/mol. The zero-order chi connectivity index (χ0) is 23.5. The van der Waals surface area contributed by atoms with Crippen molar-refractivity contribution in [1.29, 1.82) is 0 Å². The van der Waals surface area contributed by atoms with Gasteiger partial charge < -0.3 is 24.8 Å². The molecule has 0 atom stereocenters. The van der Waals surface area contributed by atoms with E-state index in [4.69, 9.17) is 14.2 Å². The third-order valence-electron chi connectivity index (χ3n) is 4.19. The highest BCUT2D eigenvalue weighted by Crippen LogP contribution is 2.27. The fraction of sp³-hybridized carbons (Fsp3) is 0.348. The molecule has 0 aliphatic carbocycles. The Balaban J connectivity index is 1.87. The van der Waals surface area contributed by atoms with Gasteiger partial charge in [-0.25, -0.2) is 4.79 Å². The summed E-state index contributed by atoms with van der Waals surface area (Å²) in [6, 6.07) is 12.2. The highest BCUT2D eigenvalue weighted by Gasteiger charge is 2.16. The Hall–Kier alpha value is -3.20. The van der Waals surface area contributed by atoms with Crippen LogP contribution in [-0.4, -0.2) is 50.4 Å². The van der Waals surface area contributed by atoms with Crippen molar-refractivity contribution in [3.63, 3.8) is 0 Å². The van der Waals surface area contributed by atoms with Crippen LogP contribution < -0.4 is 20.1 Å². The van der Waals surface area contributed by atoms with Crippen LogP contribution in [0.15, 0.2) is 47.4 Å². The first-order valence-electron chi connectivity index (χ1n) is 10.00. The predicted octanol–water partition coefficient (Wildman–Crippen LogP) is 2.79. The molecule has 0 radical (unpaired) electrons. The number of rotatable bonds is 11. The fourth-order valence-corrected chi connectivity index (χ4v) is 3.57. The van der Waals surface area contributed by atoms with Gasteiger partial charge in [0.1, 0.15) is 0 Å². The highest BCUT2D eigenvalue weighted by atomic mass is 32.2. The van der Waals surface area contributed by atoms with Crippen LogP contribution in [0.25, 0.3) is 0 Å². The van der Waals surface area contributed by atoms with Crippen LogP contribution in [0.1, 0.15) is 29.8 Å². The maximum atomic E-state index is 12.5. The van der Waals surface area contributed by atoms with E-state index < -0.39 is 18.5 Å². The minimum absolute atomic E-state index is 0.0424. The van der Waals surface area contributed by atoms with E-state index >= 15 is 0 Å². The molecule has 2 rings (SSSR count). The Morgan fingerprint density at radius 1 is 0.969 bits per heavy atom. The van der Waals surface area contributed by atoms with E-state index in [0.717, 1.165) is 5.56 Å². The van der Waals surface area contributed by atoms with Crippen LogP contribution in [0.4, 0.5) is 0 Å². The van der Waals surface area contributed by atoms with Crippen LogP contribution >= 0.6 is 11.8 Å². The molecule has 172 valence electrons. The quantitative estimate of drug-likeness (QED) is 0.393. The second-order valence-corrected chi connectivity index (χ2v) is 8.07. The number of amides is 2. The zero-order valence-electron chi connectivity index (χ0n) is 18.6. The van der Waals surface area contributed by atoms with Gasteiger partial charge in [0.05, 0.1) is 25.5 Å². The number of thioether (sulfide) groups is 1. The summed E-state index contributed by atoms with van der Waals surface area (Å²) in [6.07, 6.45) is 0. The molecule has 0 aromatic heterocycles. The number of benzene rings is 2. The zero-order valence-corrected chi connectivity index (χ0v) is 19.4. The average Bonchev–Trinajstić information content (AvgIpc) is 2.79. The molecule has 0 saturated heterocycles. The summed E-state index contributed by atoms with van der Waals surface area (Å²) in [5, 5.41) is 5.50. The van der Waals surface area contributed by atoms with Crippen LogP contribution in [0.2, 0.25) is 0 Å². The lowest BCUT2D eigenvalue weighted by molar-refractivity contribution is -0.124. The number of esters is 1. The third kappa shape index (κ3) is 7.81. The first kappa shape index (κ1) is 25.1. The molecule has 0 heterocycles. The molecule has 0 spiro atoms. The molecule has 0 aliphatic rings. The van der Waals surface area contributed by atoms with Crippen LogP contribution in [0.5, 0.6) is 11.5 Å². The van der Waals surface area contributed by atoms with Crippen molar-refractivity contribution in [1.82, 2.24) is 10.6 Å². The number of ether oxygens (including phenoxy) is 3. The topological polar surface area (TPSA) is 103 Å². The molecule has 2 aromatic carbocycles. The maximum Gasteiger partial charge on any atom is 0.339 e. The van der Waals surface area contributed by atoms with E-state index in [1.807, 2.05) is 13.8 Å². The molecule has 0 saturated carbocycles. The van der Waals surface area contributed by atoms with E-state index in [1.165, 1.54) is 18.9 Å². The number of carbonyl (C=O) groups excluding carboxylic acids is 3. The molecular formula is C23H28N2O6S. The summed E-state index contributed by atoms with van der Waals surface area (Å²) in [5.74, 6) is 0.140. The van der Waals surface area contributed by atoms with Crippen molar-refractivity contribution in [3.05, 3.63) is 53.6 Å². The van der Waals surface area contributed by atoms with Gasteiger partial charge in [-0.2, -0.15) is 0 Å². The van der Waals surface area contributed by atoms with Crippen LogP contribution in [0.3, 0.4) is 0 Å². The van der Waals surface area contributed by atoms with E-state index in [1.54, 1.807) is 49.6 Å². The van der Waals surface area contributed by atoms with Crippen LogP contribution in [0, 0.1) is 0 Å². The molecule has 32 heavy (non-hydrogen) atoms. The lowest BCUT2D eigenvalue weighted by Crippen LogP contribution is -2.31. The molecule has 9 heteroatoms. The van der Waals surface area contributed by atoms with Gasteiger partial charge in [0.25, 0.3) is 5.91 Å². The Morgan fingerprint density at radius 3 is 2.38 bits per heavy atom. The summed E-state index contributed by atoms with van der Waals surface area (Å²) in [6.45, 7) is 3.58. The number of hydrogen-bond donors (Lipinski definition) is 2. The van der Waals surface area contributed by atoms with Crippen molar-refractivity contribution in [3.8, 4) is 11.5 Å². The third-order valence-corrected chi connectivity index (χ3v) is 5.26. The Kier molecular flexibility index (Phi) is 9.87. The number of nitrogens with one attached hydrogen (secondary N) is 2. The minimum Gasteiger partial charge on any atom is -0.493 e. The van der Waals surface area contributed by atoms with Crippen LogP contribution in [-0.2, 0) is 20.9 Å².